The predicted octanol–water partition coefficient (Wildman–Crippen LogP) is 3.52. The van der Waals surface area contributed by atoms with Crippen molar-refractivity contribution in [1.29, 1.82) is 0 Å². The maximum Gasteiger partial charge on any atom is 0.473 e. The molecule has 0 saturated carbocycles. The van der Waals surface area contributed by atoms with Gasteiger partial charge in [-0.25, -0.2) is 4.99 Å². The van der Waals surface area contributed by atoms with Crippen LogP contribution in [-0.2, 0) is 4.52 Å². The van der Waals surface area contributed by atoms with Crippen molar-refractivity contribution < 1.29 is 30.1 Å². The van der Waals surface area contributed by atoms with Gasteiger partial charge in [-0.15, -0.1) is 0 Å². The molecule has 0 aromatic heterocycles. The summed E-state index contributed by atoms with van der Waals surface area (Å²) in [5.74, 6) is -1.27. The SMILES string of the molecule is Cc1ccc(N=C(O[P+](c2ccccc2)(c2ccccc2)c2ccccc2)C(F)(F)F)cc1.[Cl-]. The number of nitrogens with zero attached hydrogens (tertiary/aromatic N) is 1. The molecule has 0 aliphatic carbocycles. The lowest BCUT2D eigenvalue weighted by molar-refractivity contribution is -0.0703. The molecule has 0 fully saturated rings. The van der Waals surface area contributed by atoms with E-state index in [0.29, 0.717) is 15.9 Å². The lowest BCUT2D eigenvalue weighted by atomic mass is 10.2. The second-order valence-electron chi connectivity index (χ2n) is 7.46. The van der Waals surface area contributed by atoms with Crippen molar-refractivity contribution in [2.75, 3.05) is 0 Å². The average Bonchev–Trinajstić information content (AvgIpc) is 2.84. The monoisotopic (exact) mass is 499 g/mol. The highest BCUT2D eigenvalue weighted by Gasteiger charge is 2.55. The normalized spacial score (nSPS) is 12.1. The van der Waals surface area contributed by atoms with E-state index in [1.807, 2.05) is 97.9 Å². The quantitative estimate of drug-likeness (QED) is 0.234. The van der Waals surface area contributed by atoms with E-state index in [2.05, 4.69) is 4.99 Å². The summed E-state index contributed by atoms with van der Waals surface area (Å²) in [6.45, 7) is 1.87. The van der Waals surface area contributed by atoms with Crippen LogP contribution < -0.4 is 28.3 Å². The van der Waals surface area contributed by atoms with Crippen LogP contribution in [0.1, 0.15) is 5.56 Å². The summed E-state index contributed by atoms with van der Waals surface area (Å²) in [5, 5.41) is 2.01. The van der Waals surface area contributed by atoms with Gasteiger partial charge < -0.3 is 16.9 Å². The van der Waals surface area contributed by atoms with Crippen LogP contribution in [0.5, 0.6) is 0 Å². The van der Waals surface area contributed by atoms with E-state index in [1.54, 1.807) is 24.3 Å². The molecule has 0 heterocycles. The molecule has 0 bridgehead atoms. The Balaban J connectivity index is 0.00000324. The van der Waals surface area contributed by atoms with Gasteiger partial charge in [0.25, 0.3) is 7.49 Å². The molecular weight excluding hydrogens is 478 g/mol. The highest BCUT2D eigenvalue weighted by Crippen LogP contribution is 2.57. The minimum atomic E-state index is -4.78. The number of hydrogen-bond acceptors (Lipinski definition) is 2. The molecular formula is C27H22ClF3NOP. The van der Waals surface area contributed by atoms with E-state index in [9.17, 15) is 13.2 Å². The number of benzene rings is 4. The summed E-state index contributed by atoms with van der Waals surface area (Å²) < 4.78 is 49.1. The number of alkyl halides is 3. The Bertz CT molecular complexity index is 1120. The van der Waals surface area contributed by atoms with Gasteiger partial charge in [-0.3, -0.25) is 0 Å². The van der Waals surface area contributed by atoms with Gasteiger partial charge in [-0.1, -0.05) is 72.3 Å². The Morgan fingerprint density at radius 1 is 0.647 bits per heavy atom. The van der Waals surface area contributed by atoms with Crippen molar-refractivity contribution in [3.05, 3.63) is 121 Å². The summed E-state index contributed by atoms with van der Waals surface area (Å²) in [7, 11) is -3.20. The highest BCUT2D eigenvalue weighted by atomic mass is 35.5. The Morgan fingerprint density at radius 2 is 1.03 bits per heavy atom. The molecule has 4 rings (SSSR count). The van der Waals surface area contributed by atoms with E-state index in [1.165, 1.54) is 0 Å². The minimum absolute atomic E-state index is 0. The molecule has 0 aliphatic heterocycles. The summed E-state index contributed by atoms with van der Waals surface area (Å²) in [6, 6.07) is 33.8. The highest BCUT2D eigenvalue weighted by molar-refractivity contribution is 7.92. The van der Waals surface area contributed by atoms with Gasteiger partial charge in [0, 0.05) is 0 Å². The summed E-state index contributed by atoms with van der Waals surface area (Å²) in [4.78, 5) is 3.93. The van der Waals surface area contributed by atoms with Crippen LogP contribution in [0.2, 0.25) is 0 Å². The molecule has 0 saturated heterocycles. The molecule has 0 N–H and O–H groups in total. The third-order valence-corrected chi connectivity index (χ3v) is 8.61. The van der Waals surface area contributed by atoms with E-state index in [0.717, 1.165) is 5.56 Å². The van der Waals surface area contributed by atoms with Crippen LogP contribution in [-0.4, -0.2) is 12.1 Å². The van der Waals surface area contributed by atoms with Crippen LogP contribution in [0.3, 0.4) is 0 Å². The van der Waals surface area contributed by atoms with Gasteiger partial charge in [-0.05, 0) is 55.5 Å². The molecule has 0 atom stereocenters. The van der Waals surface area contributed by atoms with Crippen LogP contribution in [0.4, 0.5) is 18.9 Å². The molecule has 0 radical (unpaired) electrons. The summed E-state index contributed by atoms with van der Waals surface area (Å²) in [5.41, 5.74) is 1.11. The summed E-state index contributed by atoms with van der Waals surface area (Å²) >= 11 is 0. The van der Waals surface area contributed by atoms with Gasteiger partial charge in [0.1, 0.15) is 15.9 Å². The third kappa shape index (κ3) is 5.49. The molecule has 34 heavy (non-hydrogen) atoms. The molecule has 0 aliphatic rings. The fraction of sp³-hybridized carbons (Fsp3) is 0.0741. The maximum atomic E-state index is 14.3. The Labute approximate surface area is 204 Å². The Morgan fingerprint density at radius 3 is 1.38 bits per heavy atom. The molecule has 7 heteroatoms. The largest absolute Gasteiger partial charge is 1.00 e. The Hall–Kier alpha value is -3.14. The van der Waals surface area contributed by atoms with Crippen molar-refractivity contribution in [1.82, 2.24) is 0 Å². The first-order valence-electron chi connectivity index (χ1n) is 10.4. The van der Waals surface area contributed by atoms with E-state index in [-0.39, 0.29) is 18.1 Å². The van der Waals surface area contributed by atoms with Gasteiger partial charge in [-0.2, -0.15) is 13.2 Å². The number of halogens is 4. The number of rotatable bonds is 5. The standard InChI is InChI=1S/C27H22F3NOP.ClH/c1-21-17-19-22(20-18-21)31-26(27(28,29)30)32-33(23-11-5-2-6-12-23,24-13-7-3-8-14-24)25-15-9-4-10-16-25;/h2-20H,1H3;1H/q+1;/p-1. The molecule has 0 amide bonds. The van der Waals surface area contributed by atoms with E-state index >= 15 is 0 Å². The summed E-state index contributed by atoms with van der Waals surface area (Å²) in [6.07, 6.45) is -4.78. The van der Waals surface area contributed by atoms with E-state index in [4.69, 9.17) is 4.52 Å². The smallest absolute Gasteiger partial charge is 0.473 e. The van der Waals surface area contributed by atoms with Crippen LogP contribution in [0.25, 0.3) is 0 Å². The van der Waals surface area contributed by atoms with Gasteiger partial charge in [0.15, 0.2) is 0 Å². The van der Waals surface area contributed by atoms with Crippen LogP contribution in [0.15, 0.2) is 120 Å². The van der Waals surface area contributed by atoms with Crippen molar-refractivity contribution in [3.8, 4) is 0 Å². The average molecular weight is 500 g/mol. The zero-order valence-corrected chi connectivity index (χ0v) is 19.9. The van der Waals surface area contributed by atoms with Crippen molar-refractivity contribution in [2.24, 2.45) is 4.99 Å². The van der Waals surface area contributed by atoms with Crippen molar-refractivity contribution in [3.63, 3.8) is 0 Å². The third-order valence-electron chi connectivity index (χ3n) is 5.09. The second kappa shape index (κ2) is 10.9. The maximum absolute atomic E-state index is 14.3. The predicted molar refractivity (Wildman–Crippen MR) is 131 cm³/mol. The molecule has 2 nitrogen and oxygen atoms in total. The number of aliphatic imine (C=N–C) groups is 1. The zero-order chi connectivity index (χ0) is 23.3. The number of hydrogen-bond donors (Lipinski definition) is 0. The Kier molecular flexibility index (Phi) is 8.14. The lowest BCUT2D eigenvalue weighted by Gasteiger charge is -2.27. The molecule has 0 spiro atoms. The van der Waals surface area contributed by atoms with Crippen LogP contribution in [0, 0.1) is 6.92 Å². The first kappa shape index (κ1) is 25.5. The fourth-order valence-electron chi connectivity index (χ4n) is 3.52. The number of aryl methyl sites for hydroxylation is 1. The first-order valence-corrected chi connectivity index (χ1v) is 12.1. The lowest BCUT2D eigenvalue weighted by Crippen LogP contribution is -3.00. The van der Waals surface area contributed by atoms with E-state index < -0.39 is 19.6 Å². The second-order valence-corrected chi connectivity index (χ2v) is 10.4. The van der Waals surface area contributed by atoms with Crippen molar-refractivity contribution in [2.45, 2.75) is 13.1 Å². The first-order chi connectivity index (χ1) is 15.9. The van der Waals surface area contributed by atoms with Gasteiger partial charge in [0.05, 0.1) is 5.69 Å². The molecule has 0 unspecified atom stereocenters. The molecule has 4 aromatic rings. The fourth-order valence-corrected chi connectivity index (χ4v) is 6.91. The van der Waals surface area contributed by atoms with Crippen molar-refractivity contribution >= 4 is 35.0 Å². The topological polar surface area (TPSA) is 21.6 Å². The molecule has 4 aromatic carbocycles. The molecule has 174 valence electrons. The zero-order valence-electron chi connectivity index (χ0n) is 18.3. The van der Waals surface area contributed by atoms with Gasteiger partial charge in [0.2, 0.25) is 0 Å². The van der Waals surface area contributed by atoms with Crippen LogP contribution >= 0.6 is 7.49 Å². The van der Waals surface area contributed by atoms with Gasteiger partial charge >= 0.3 is 12.1 Å². The minimum Gasteiger partial charge on any atom is -1.00 e.